The topological polar surface area (TPSA) is 67.7 Å². The molecule has 2 fully saturated rings. The van der Waals surface area contributed by atoms with Gasteiger partial charge >= 0.3 is 6.09 Å². The van der Waals surface area contributed by atoms with Gasteiger partial charge in [-0.15, -0.1) is 0 Å². The maximum atomic E-state index is 13.9. The van der Waals surface area contributed by atoms with E-state index in [0.717, 1.165) is 23.4 Å². The van der Waals surface area contributed by atoms with E-state index in [2.05, 4.69) is 5.10 Å². The summed E-state index contributed by atoms with van der Waals surface area (Å²) in [7, 11) is 0. The Labute approximate surface area is 233 Å². The normalized spacial score (nSPS) is 18.4. The molecule has 0 saturated carbocycles. The number of hydrogen-bond acceptors (Lipinski definition) is 4. The number of carbonyl (C=O) groups excluding carboxylic acids is 2. The zero-order valence-corrected chi connectivity index (χ0v) is 23.3. The van der Waals surface area contributed by atoms with Gasteiger partial charge in [-0.1, -0.05) is 23.7 Å². The molecule has 2 amide bonds. The molecule has 206 valence electrons. The number of nitrogens with zero attached hydrogens (tertiary/aromatic N) is 4. The molecule has 2 aliphatic rings. The lowest BCUT2D eigenvalue weighted by Crippen LogP contribution is -2.41. The van der Waals surface area contributed by atoms with Gasteiger partial charge in [0.15, 0.2) is 0 Å². The van der Waals surface area contributed by atoms with Gasteiger partial charge in [-0.25, -0.2) is 13.9 Å². The van der Waals surface area contributed by atoms with Crippen molar-refractivity contribution < 1.29 is 18.7 Å². The number of piperidine rings is 1. The number of amides is 2. The van der Waals surface area contributed by atoms with Crippen molar-refractivity contribution >= 4 is 23.6 Å². The van der Waals surface area contributed by atoms with Crippen LogP contribution in [-0.4, -0.2) is 63.4 Å². The Hall–Kier alpha value is -3.39. The molecule has 2 aliphatic heterocycles. The predicted molar refractivity (Wildman–Crippen MR) is 148 cm³/mol. The molecule has 0 bridgehead atoms. The number of ether oxygens (including phenoxy) is 1. The Morgan fingerprint density at radius 1 is 0.923 bits per heavy atom. The Morgan fingerprint density at radius 3 is 2.18 bits per heavy atom. The summed E-state index contributed by atoms with van der Waals surface area (Å²) < 4.78 is 20.8. The number of rotatable bonds is 4. The summed E-state index contributed by atoms with van der Waals surface area (Å²) in [6.45, 7) is 7.86. The van der Waals surface area contributed by atoms with E-state index in [0.29, 0.717) is 49.6 Å². The zero-order valence-electron chi connectivity index (χ0n) is 22.6. The van der Waals surface area contributed by atoms with E-state index >= 15 is 0 Å². The van der Waals surface area contributed by atoms with Crippen molar-refractivity contribution in [1.82, 2.24) is 19.6 Å². The highest BCUT2D eigenvalue weighted by atomic mass is 35.5. The van der Waals surface area contributed by atoms with Gasteiger partial charge < -0.3 is 14.5 Å². The first kappa shape index (κ1) is 27.2. The van der Waals surface area contributed by atoms with Gasteiger partial charge in [-0.05, 0) is 82.0 Å². The Kier molecular flexibility index (Phi) is 7.67. The highest BCUT2D eigenvalue weighted by molar-refractivity contribution is 6.30. The molecule has 1 unspecified atom stereocenters. The number of halogens is 2. The number of benzene rings is 2. The monoisotopic (exact) mass is 552 g/mol. The third kappa shape index (κ3) is 6.11. The molecule has 3 heterocycles. The molecule has 7 nitrogen and oxygen atoms in total. The van der Waals surface area contributed by atoms with Gasteiger partial charge in [0.25, 0.3) is 5.91 Å². The van der Waals surface area contributed by atoms with Crippen LogP contribution >= 0.6 is 11.6 Å². The summed E-state index contributed by atoms with van der Waals surface area (Å²) in [5, 5.41) is 5.28. The number of aromatic nitrogens is 2. The fraction of sp³-hybridized carbons (Fsp3) is 0.433. The summed E-state index contributed by atoms with van der Waals surface area (Å²) in [5.41, 5.74) is 2.76. The van der Waals surface area contributed by atoms with Crippen molar-refractivity contribution in [3.05, 3.63) is 82.4 Å². The molecule has 1 aromatic heterocycles. The molecule has 2 aromatic carbocycles. The molecule has 0 spiro atoms. The second kappa shape index (κ2) is 11.0. The Balaban J connectivity index is 1.39. The average Bonchev–Trinajstić information content (AvgIpc) is 3.57. The molecule has 0 aliphatic carbocycles. The summed E-state index contributed by atoms with van der Waals surface area (Å²) in [6, 6.07) is 13.9. The molecule has 2 saturated heterocycles. The second-order valence-electron chi connectivity index (χ2n) is 11.4. The van der Waals surface area contributed by atoms with Crippen molar-refractivity contribution in [2.45, 2.75) is 57.5 Å². The lowest BCUT2D eigenvalue weighted by Gasteiger charge is -2.34. The van der Waals surface area contributed by atoms with Crippen LogP contribution in [-0.2, 0) is 4.74 Å². The van der Waals surface area contributed by atoms with Crippen molar-refractivity contribution in [3.8, 4) is 5.69 Å². The average molecular weight is 553 g/mol. The highest BCUT2D eigenvalue weighted by Crippen LogP contribution is 2.35. The van der Waals surface area contributed by atoms with Crippen LogP contribution in [0.3, 0.4) is 0 Å². The van der Waals surface area contributed by atoms with Gasteiger partial charge in [0.05, 0.1) is 23.1 Å². The first-order chi connectivity index (χ1) is 18.6. The molecule has 0 N–H and O–H groups in total. The fourth-order valence-corrected chi connectivity index (χ4v) is 5.61. The maximum absolute atomic E-state index is 13.9. The molecular formula is C30H34ClFN4O3. The van der Waals surface area contributed by atoms with E-state index in [4.69, 9.17) is 16.3 Å². The number of carbonyl (C=O) groups is 2. The maximum Gasteiger partial charge on any atom is 0.410 e. The van der Waals surface area contributed by atoms with Crippen LogP contribution in [0, 0.1) is 5.82 Å². The van der Waals surface area contributed by atoms with Crippen LogP contribution in [0.2, 0.25) is 5.02 Å². The van der Waals surface area contributed by atoms with Crippen LogP contribution in [0.5, 0.6) is 0 Å². The smallest absolute Gasteiger partial charge is 0.410 e. The summed E-state index contributed by atoms with van der Waals surface area (Å²) >= 11 is 6.13. The van der Waals surface area contributed by atoms with E-state index in [-0.39, 0.29) is 29.7 Å². The highest BCUT2D eigenvalue weighted by Gasteiger charge is 2.35. The van der Waals surface area contributed by atoms with Crippen molar-refractivity contribution in [2.24, 2.45) is 0 Å². The molecular weight excluding hydrogens is 519 g/mol. The van der Waals surface area contributed by atoms with Gasteiger partial charge in [-0.2, -0.15) is 5.10 Å². The van der Waals surface area contributed by atoms with E-state index in [9.17, 15) is 14.0 Å². The quantitative estimate of drug-likeness (QED) is 0.375. The molecule has 0 radical (unpaired) electrons. The zero-order chi connectivity index (χ0) is 27.7. The lowest BCUT2D eigenvalue weighted by molar-refractivity contribution is 0.0203. The fourth-order valence-electron chi connectivity index (χ4n) is 5.49. The van der Waals surface area contributed by atoms with E-state index in [1.807, 2.05) is 54.6 Å². The SMILES string of the molecule is CC(C)(C)OC(=O)N1CCC(c2c(C(=O)N3CCC(c4ccc(F)cc4)C3)cnn2-c2ccc(Cl)cc2)CC1. The Bertz CT molecular complexity index is 1330. The van der Waals surface area contributed by atoms with E-state index in [1.165, 1.54) is 12.1 Å². The molecule has 9 heteroatoms. The summed E-state index contributed by atoms with van der Waals surface area (Å²) in [4.78, 5) is 30.1. The van der Waals surface area contributed by atoms with Crippen LogP contribution in [0.4, 0.5) is 9.18 Å². The minimum atomic E-state index is -0.553. The number of hydrogen-bond donors (Lipinski definition) is 0. The van der Waals surface area contributed by atoms with E-state index < -0.39 is 5.60 Å². The van der Waals surface area contributed by atoms with Gasteiger partial charge in [0, 0.05) is 43.0 Å². The van der Waals surface area contributed by atoms with Crippen molar-refractivity contribution in [2.75, 3.05) is 26.2 Å². The van der Waals surface area contributed by atoms with Crippen LogP contribution in [0.25, 0.3) is 5.69 Å². The van der Waals surface area contributed by atoms with Crippen LogP contribution in [0.1, 0.15) is 73.5 Å². The molecule has 3 aromatic rings. The predicted octanol–water partition coefficient (Wildman–Crippen LogP) is 6.41. The van der Waals surface area contributed by atoms with Crippen molar-refractivity contribution in [3.63, 3.8) is 0 Å². The molecule has 5 rings (SSSR count). The molecule has 1 atom stereocenters. The lowest BCUT2D eigenvalue weighted by atomic mass is 9.90. The van der Waals surface area contributed by atoms with Crippen LogP contribution in [0.15, 0.2) is 54.7 Å². The first-order valence-electron chi connectivity index (χ1n) is 13.5. The minimum absolute atomic E-state index is 0.0383. The van der Waals surface area contributed by atoms with E-state index in [1.54, 1.807) is 23.2 Å². The van der Waals surface area contributed by atoms with Gasteiger partial charge in [-0.3, -0.25) is 4.79 Å². The third-order valence-electron chi connectivity index (χ3n) is 7.46. The largest absolute Gasteiger partial charge is 0.444 e. The standard InChI is InChI=1S/C30H34ClFN4O3/c1-30(2,3)39-29(38)34-15-12-21(13-16-34)27-26(18-33-36(27)25-10-6-23(31)7-11-25)28(37)35-17-14-22(19-35)20-4-8-24(32)9-5-20/h4-11,18,21-22H,12-17,19H2,1-3H3. The summed E-state index contributed by atoms with van der Waals surface area (Å²) in [6.07, 6.45) is 3.56. The van der Waals surface area contributed by atoms with Crippen molar-refractivity contribution in [1.29, 1.82) is 0 Å². The second-order valence-corrected chi connectivity index (χ2v) is 11.8. The molecule has 39 heavy (non-hydrogen) atoms. The third-order valence-corrected chi connectivity index (χ3v) is 7.71. The summed E-state index contributed by atoms with van der Waals surface area (Å²) in [5.74, 6) is -0.108. The van der Waals surface area contributed by atoms with Crippen LogP contribution < -0.4 is 0 Å². The number of likely N-dealkylation sites (tertiary alicyclic amines) is 2. The first-order valence-corrected chi connectivity index (χ1v) is 13.8. The van der Waals surface area contributed by atoms with Gasteiger partial charge in [0.2, 0.25) is 0 Å². The minimum Gasteiger partial charge on any atom is -0.444 e. The Morgan fingerprint density at radius 2 is 1.54 bits per heavy atom. The van der Waals surface area contributed by atoms with Gasteiger partial charge in [0.1, 0.15) is 11.4 Å².